The fourth-order valence-electron chi connectivity index (χ4n) is 4.17. The highest BCUT2D eigenvalue weighted by atomic mass is 16.5. The predicted molar refractivity (Wildman–Crippen MR) is 151 cm³/mol. The molecule has 1 aliphatic rings. The lowest BCUT2D eigenvalue weighted by molar-refractivity contribution is 0.148. The van der Waals surface area contributed by atoms with Crippen LogP contribution < -0.4 is 10.1 Å². The average molecular weight is 513 g/mol. The van der Waals surface area contributed by atoms with Gasteiger partial charge in [-0.1, -0.05) is 32.1 Å². The van der Waals surface area contributed by atoms with Crippen LogP contribution in [0.4, 0.5) is 11.6 Å². The number of imidazole rings is 1. The molecule has 5 rings (SSSR count). The maximum absolute atomic E-state index is 5.92. The first kappa shape index (κ1) is 27.0. The molecule has 0 amide bonds. The van der Waals surface area contributed by atoms with Gasteiger partial charge in [0.25, 0.3) is 0 Å². The van der Waals surface area contributed by atoms with Gasteiger partial charge in [0.2, 0.25) is 11.8 Å². The van der Waals surface area contributed by atoms with E-state index in [1.807, 2.05) is 63.9 Å². The lowest BCUT2D eigenvalue weighted by Gasteiger charge is -2.13. The van der Waals surface area contributed by atoms with Crippen LogP contribution in [0, 0.1) is 6.92 Å². The lowest BCUT2D eigenvalue weighted by atomic mass is 10.0. The summed E-state index contributed by atoms with van der Waals surface area (Å²) < 4.78 is 13.9. The van der Waals surface area contributed by atoms with E-state index in [0.29, 0.717) is 31.6 Å². The van der Waals surface area contributed by atoms with Gasteiger partial charge in [0.05, 0.1) is 31.8 Å². The molecule has 0 saturated heterocycles. The Kier molecular flexibility index (Phi) is 9.98. The number of pyridine rings is 1. The Balaban J connectivity index is 0.00000164. The summed E-state index contributed by atoms with van der Waals surface area (Å²) in [5, 5.41) is 3.41. The minimum absolute atomic E-state index is 0.527. The molecule has 1 N–H and O–H groups in total. The number of benzene rings is 1. The number of hydrogen-bond donors (Lipinski definition) is 1. The van der Waals surface area contributed by atoms with Crippen molar-refractivity contribution in [2.75, 3.05) is 18.5 Å². The van der Waals surface area contributed by atoms with Gasteiger partial charge in [-0.2, -0.15) is 0 Å². The molecule has 8 heteroatoms. The van der Waals surface area contributed by atoms with Crippen molar-refractivity contribution >= 4 is 11.6 Å². The summed E-state index contributed by atoms with van der Waals surface area (Å²) in [5.41, 5.74) is 6.08. The van der Waals surface area contributed by atoms with Crippen LogP contribution >= 0.6 is 0 Å². The number of fused-ring (bicyclic) bond motifs is 7. The smallest absolute Gasteiger partial charge is 0.227 e. The first-order valence-electron chi connectivity index (χ1n) is 13.2. The van der Waals surface area contributed by atoms with Crippen molar-refractivity contribution in [2.24, 2.45) is 0 Å². The molecule has 1 aromatic carbocycles. The molecule has 0 atom stereocenters. The quantitative estimate of drug-likeness (QED) is 0.321. The minimum Gasteiger partial charge on any atom is -0.477 e. The van der Waals surface area contributed by atoms with E-state index in [9.17, 15) is 0 Å². The Morgan fingerprint density at radius 3 is 2.84 bits per heavy atom. The SMILES string of the molecule is CC.Cc1cnc2nc1-c1ccnc(c1)OCC/C=C/COCc1cc(CCCn3ccnc3)cc(c1)N2. The summed E-state index contributed by atoms with van der Waals surface area (Å²) in [5.74, 6) is 1.13. The average Bonchev–Trinajstić information content (AvgIpc) is 3.46. The highest BCUT2D eigenvalue weighted by molar-refractivity contribution is 5.66. The molecule has 8 nitrogen and oxygen atoms in total. The van der Waals surface area contributed by atoms with Gasteiger partial charge in [0, 0.05) is 48.6 Å². The first-order chi connectivity index (χ1) is 18.7. The number of hydrogen-bond acceptors (Lipinski definition) is 7. The van der Waals surface area contributed by atoms with Crippen LogP contribution in [0.2, 0.25) is 0 Å². The number of anilines is 2. The number of ether oxygens (including phenoxy) is 2. The molecule has 4 aromatic rings. The number of aryl methyl sites for hydroxylation is 3. The summed E-state index contributed by atoms with van der Waals surface area (Å²) in [6.45, 7) is 8.56. The van der Waals surface area contributed by atoms with Crippen molar-refractivity contribution in [1.82, 2.24) is 24.5 Å². The number of nitrogens with zero attached hydrogens (tertiary/aromatic N) is 5. The zero-order valence-electron chi connectivity index (χ0n) is 22.4. The van der Waals surface area contributed by atoms with E-state index in [0.717, 1.165) is 53.9 Å². The maximum atomic E-state index is 5.92. The second-order valence-corrected chi connectivity index (χ2v) is 8.80. The normalized spacial score (nSPS) is 14.1. The van der Waals surface area contributed by atoms with Crippen LogP contribution in [0.5, 0.6) is 5.88 Å². The third-order valence-corrected chi connectivity index (χ3v) is 5.91. The Labute approximate surface area is 224 Å². The van der Waals surface area contributed by atoms with Crippen molar-refractivity contribution in [1.29, 1.82) is 0 Å². The highest BCUT2D eigenvalue weighted by Gasteiger charge is 2.10. The fraction of sp³-hybridized carbons (Fsp3) is 0.333. The van der Waals surface area contributed by atoms with Crippen LogP contribution in [0.3, 0.4) is 0 Å². The molecular weight excluding hydrogens is 476 g/mol. The van der Waals surface area contributed by atoms with E-state index in [1.54, 1.807) is 6.20 Å². The van der Waals surface area contributed by atoms with Crippen LogP contribution in [-0.4, -0.2) is 37.7 Å². The van der Waals surface area contributed by atoms with Gasteiger partial charge >= 0.3 is 0 Å². The molecule has 198 valence electrons. The summed E-state index contributed by atoms with van der Waals surface area (Å²) in [7, 11) is 0. The molecule has 3 aromatic heterocycles. The molecule has 6 bridgehead atoms. The van der Waals surface area contributed by atoms with Crippen LogP contribution in [-0.2, 0) is 24.3 Å². The first-order valence-corrected chi connectivity index (χ1v) is 13.2. The van der Waals surface area contributed by atoms with E-state index in [2.05, 4.69) is 49.1 Å². The van der Waals surface area contributed by atoms with E-state index in [-0.39, 0.29) is 0 Å². The maximum Gasteiger partial charge on any atom is 0.227 e. The van der Waals surface area contributed by atoms with Crippen LogP contribution in [0.25, 0.3) is 11.3 Å². The van der Waals surface area contributed by atoms with Gasteiger partial charge < -0.3 is 19.4 Å². The Hall–Kier alpha value is -4.04. The molecule has 0 saturated carbocycles. The van der Waals surface area contributed by atoms with Crippen molar-refractivity contribution in [3.05, 3.63) is 90.3 Å². The fourth-order valence-corrected chi connectivity index (χ4v) is 4.17. The van der Waals surface area contributed by atoms with Gasteiger partial charge in [0.15, 0.2) is 0 Å². The lowest BCUT2D eigenvalue weighted by Crippen LogP contribution is -2.04. The molecule has 0 aliphatic carbocycles. The second-order valence-electron chi connectivity index (χ2n) is 8.80. The van der Waals surface area contributed by atoms with E-state index in [4.69, 9.17) is 14.5 Å². The van der Waals surface area contributed by atoms with Crippen LogP contribution in [0.1, 0.15) is 43.4 Å². The van der Waals surface area contributed by atoms with Crippen molar-refractivity contribution < 1.29 is 9.47 Å². The second kappa shape index (κ2) is 14.0. The van der Waals surface area contributed by atoms with Gasteiger partial charge in [-0.25, -0.2) is 19.9 Å². The van der Waals surface area contributed by atoms with E-state index >= 15 is 0 Å². The van der Waals surface area contributed by atoms with Crippen molar-refractivity contribution in [3.8, 4) is 17.1 Å². The summed E-state index contributed by atoms with van der Waals surface area (Å²) in [6.07, 6.45) is 16.1. The van der Waals surface area contributed by atoms with Crippen molar-refractivity contribution in [2.45, 2.75) is 53.2 Å². The summed E-state index contributed by atoms with van der Waals surface area (Å²) >= 11 is 0. The molecule has 38 heavy (non-hydrogen) atoms. The molecule has 0 spiro atoms. The molecule has 0 fully saturated rings. The third kappa shape index (κ3) is 7.73. The van der Waals surface area contributed by atoms with Gasteiger partial charge in [-0.3, -0.25) is 0 Å². The predicted octanol–water partition coefficient (Wildman–Crippen LogP) is 6.30. The van der Waals surface area contributed by atoms with E-state index in [1.165, 1.54) is 5.56 Å². The molecular formula is C30H36N6O2. The molecule has 0 radical (unpaired) electrons. The molecule has 4 heterocycles. The zero-order chi connectivity index (χ0) is 26.6. The standard InChI is InChI=1S/C28H30N6O2.C2H6/c1-21-18-31-28-32-25-15-22(6-5-10-34-11-9-29-20-34)14-23(16-25)19-35-12-3-2-4-13-36-26-17-24(7-8-30-26)27(21)33-28;1-2/h2-3,7-9,11,14-18,20H,4-6,10,12-13,19H2,1H3,(H,31,32,33);1-2H3/b3-2+;. The van der Waals surface area contributed by atoms with Crippen LogP contribution in [0.15, 0.2) is 73.6 Å². The Bertz CT molecular complexity index is 1320. The van der Waals surface area contributed by atoms with Crippen molar-refractivity contribution in [3.63, 3.8) is 0 Å². The molecule has 0 unspecified atom stereocenters. The van der Waals surface area contributed by atoms with Gasteiger partial charge in [-0.05, 0) is 61.1 Å². The van der Waals surface area contributed by atoms with Gasteiger partial charge in [0.1, 0.15) is 0 Å². The third-order valence-electron chi connectivity index (χ3n) is 5.91. The van der Waals surface area contributed by atoms with E-state index < -0.39 is 0 Å². The molecule has 1 aliphatic heterocycles. The minimum atomic E-state index is 0.527. The highest BCUT2D eigenvalue weighted by Crippen LogP contribution is 2.26. The number of rotatable bonds is 4. The van der Waals surface area contributed by atoms with Gasteiger partial charge in [-0.15, -0.1) is 0 Å². The Morgan fingerprint density at radius 2 is 1.97 bits per heavy atom. The summed E-state index contributed by atoms with van der Waals surface area (Å²) in [4.78, 5) is 17.8. The zero-order valence-corrected chi connectivity index (χ0v) is 22.4. The number of aromatic nitrogens is 5. The largest absolute Gasteiger partial charge is 0.477 e. The topological polar surface area (TPSA) is 87.0 Å². The summed E-state index contributed by atoms with van der Waals surface area (Å²) in [6, 6.07) is 10.4. The monoisotopic (exact) mass is 512 g/mol. The number of nitrogens with one attached hydrogen (secondary N) is 1. The Morgan fingerprint density at radius 1 is 1.05 bits per heavy atom.